The largest absolute Gasteiger partial charge is 0.378 e. The molecule has 106 valence electrons. The fourth-order valence-electron chi connectivity index (χ4n) is 1.52. The number of aryl methyl sites for hydroxylation is 1. The second-order valence-electron chi connectivity index (χ2n) is 4.63. The van der Waals surface area contributed by atoms with Crippen LogP contribution < -0.4 is 5.32 Å². The van der Waals surface area contributed by atoms with Crippen LogP contribution in [0.3, 0.4) is 0 Å². The van der Waals surface area contributed by atoms with Crippen LogP contribution in [0.5, 0.6) is 0 Å². The van der Waals surface area contributed by atoms with E-state index in [9.17, 15) is 4.79 Å². The molecule has 4 nitrogen and oxygen atoms in total. The summed E-state index contributed by atoms with van der Waals surface area (Å²) in [5.74, 6) is -0.0602. The van der Waals surface area contributed by atoms with Gasteiger partial charge < -0.3 is 15.0 Å². The van der Waals surface area contributed by atoms with Crippen molar-refractivity contribution in [3.63, 3.8) is 0 Å². The van der Waals surface area contributed by atoms with Crippen molar-refractivity contribution in [1.29, 1.82) is 0 Å². The molecular formula is C14H21BrN2O2. The highest BCUT2D eigenvalue weighted by Crippen LogP contribution is 2.15. The van der Waals surface area contributed by atoms with Gasteiger partial charge in [0, 0.05) is 23.1 Å². The van der Waals surface area contributed by atoms with Gasteiger partial charge >= 0.3 is 0 Å². The molecule has 0 aliphatic carbocycles. The molecule has 1 rings (SSSR count). The van der Waals surface area contributed by atoms with Gasteiger partial charge in [-0.2, -0.15) is 0 Å². The first kappa shape index (κ1) is 16.1. The van der Waals surface area contributed by atoms with E-state index in [1.165, 1.54) is 0 Å². The first-order valence-corrected chi connectivity index (χ1v) is 7.07. The van der Waals surface area contributed by atoms with Crippen LogP contribution in [0.25, 0.3) is 0 Å². The van der Waals surface area contributed by atoms with Gasteiger partial charge in [-0.1, -0.05) is 22.0 Å². The third kappa shape index (κ3) is 6.18. The summed E-state index contributed by atoms with van der Waals surface area (Å²) < 4.78 is 6.33. The van der Waals surface area contributed by atoms with Crippen LogP contribution in [-0.4, -0.2) is 51.2 Å². The molecule has 0 aromatic heterocycles. The van der Waals surface area contributed by atoms with Crippen molar-refractivity contribution in [1.82, 2.24) is 10.2 Å². The van der Waals surface area contributed by atoms with E-state index in [1.807, 2.05) is 39.2 Å². The molecular weight excluding hydrogens is 308 g/mol. The molecule has 1 aromatic rings. The standard InChI is InChI=1S/C14H21BrN2O2/c1-11-4-5-12(15)10-13(11)14(18)16-6-8-19-9-7-17(2)3/h4-5,10H,6-9H2,1-3H3,(H,16,18). The molecule has 0 saturated carbocycles. The molecule has 0 bridgehead atoms. The van der Waals surface area contributed by atoms with Crippen molar-refractivity contribution in [3.05, 3.63) is 33.8 Å². The highest BCUT2D eigenvalue weighted by Gasteiger charge is 2.08. The topological polar surface area (TPSA) is 41.6 Å². The molecule has 0 saturated heterocycles. The molecule has 0 fully saturated rings. The monoisotopic (exact) mass is 328 g/mol. The number of carbonyl (C=O) groups excluding carboxylic acids is 1. The molecule has 5 heteroatoms. The van der Waals surface area contributed by atoms with Gasteiger partial charge in [-0.25, -0.2) is 0 Å². The van der Waals surface area contributed by atoms with Crippen LogP contribution in [0, 0.1) is 6.92 Å². The number of amides is 1. The maximum Gasteiger partial charge on any atom is 0.251 e. The van der Waals surface area contributed by atoms with E-state index in [2.05, 4.69) is 26.1 Å². The van der Waals surface area contributed by atoms with Gasteiger partial charge in [0.2, 0.25) is 0 Å². The van der Waals surface area contributed by atoms with Gasteiger partial charge in [0.05, 0.1) is 13.2 Å². The Kier molecular flexibility index (Phi) is 7.05. The number of ether oxygens (including phenoxy) is 1. The number of benzene rings is 1. The summed E-state index contributed by atoms with van der Waals surface area (Å²) in [6, 6.07) is 5.68. The number of halogens is 1. The van der Waals surface area contributed by atoms with E-state index >= 15 is 0 Å². The van der Waals surface area contributed by atoms with Crippen LogP contribution in [-0.2, 0) is 4.74 Å². The van der Waals surface area contributed by atoms with Crippen molar-refractivity contribution in [3.8, 4) is 0 Å². The Morgan fingerprint density at radius 3 is 2.79 bits per heavy atom. The molecule has 1 N–H and O–H groups in total. The fourth-order valence-corrected chi connectivity index (χ4v) is 1.88. The molecule has 0 radical (unpaired) electrons. The van der Waals surface area contributed by atoms with E-state index in [1.54, 1.807) is 0 Å². The normalized spacial score (nSPS) is 10.8. The van der Waals surface area contributed by atoms with Gasteiger partial charge in [-0.3, -0.25) is 4.79 Å². The fraction of sp³-hybridized carbons (Fsp3) is 0.500. The summed E-state index contributed by atoms with van der Waals surface area (Å²) in [6.45, 7) is 4.55. The van der Waals surface area contributed by atoms with Crippen molar-refractivity contribution in [2.45, 2.75) is 6.92 Å². The lowest BCUT2D eigenvalue weighted by Crippen LogP contribution is -2.28. The number of rotatable bonds is 7. The molecule has 0 aliphatic heterocycles. The minimum atomic E-state index is -0.0602. The van der Waals surface area contributed by atoms with Gasteiger partial charge in [0.25, 0.3) is 5.91 Å². The minimum Gasteiger partial charge on any atom is -0.378 e. The Morgan fingerprint density at radius 2 is 2.11 bits per heavy atom. The predicted molar refractivity (Wildman–Crippen MR) is 80.6 cm³/mol. The van der Waals surface area contributed by atoms with E-state index in [0.29, 0.717) is 25.3 Å². The highest BCUT2D eigenvalue weighted by molar-refractivity contribution is 9.10. The zero-order chi connectivity index (χ0) is 14.3. The number of nitrogens with zero attached hydrogens (tertiary/aromatic N) is 1. The molecule has 0 atom stereocenters. The maximum atomic E-state index is 12.0. The highest BCUT2D eigenvalue weighted by atomic mass is 79.9. The molecule has 0 aliphatic rings. The number of carbonyl (C=O) groups is 1. The zero-order valence-electron chi connectivity index (χ0n) is 11.7. The lowest BCUT2D eigenvalue weighted by Gasteiger charge is -2.11. The Labute approximate surface area is 123 Å². The SMILES string of the molecule is Cc1ccc(Br)cc1C(=O)NCCOCCN(C)C. The van der Waals surface area contributed by atoms with Crippen LogP contribution in [0.15, 0.2) is 22.7 Å². The van der Waals surface area contributed by atoms with Crippen LogP contribution in [0.4, 0.5) is 0 Å². The first-order chi connectivity index (χ1) is 9.00. The van der Waals surface area contributed by atoms with Crippen LogP contribution >= 0.6 is 15.9 Å². The Morgan fingerprint density at radius 1 is 1.37 bits per heavy atom. The third-order valence-corrected chi connectivity index (χ3v) is 3.15. The van der Waals surface area contributed by atoms with E-state index in [-0.39, 0.29) is 5.91 Å². The quantitative estimate of drug-likeness (QED) is 0.779. The van der Waals surface area contributed by atoms with E-state index < -0.39 is 0 Å². The smallest absolute Gasteiger partial charge is 0.251 e. The van der Waals surface area contributed by atoms with Gasteiger partial charge in [0.1, 0.15) is 0 Å². The Bertz CT molecular complexity index is 422. The average Bonchev–Trinajstić information content (AvgIpc) is 2.36. The molecule has 0 spiro atoms. The van der Waals surface area contributed by atoms with Gasteiger partial charge in [0.15, 0.2) is 0 Å². The van der Waals surface area contributed by atoms with Crippen molar-refractivity contribution in [2.75, 3.05) is 40.4 Å². The summed E-state index contributed by atoms with van der Waals surface area (Å²) in [5.41, 5.74) is 1.66. The number of likely N-dealkylation sites (N-methyl/N-ethyl adjacent to an activating group) is 1. The number of nitrogens with one attached hydrogen (secondary N) is 1. The summed E-state index contributed by atoms with van der Waals surface area (Å²) >= 11 is 3.37. The van der Waals surface area contributed by atoms with E-state index in [4.69, 9.17) is 4.74 Å². The number of hydrogen-bond acceptors (Lipinski definition) is 3. The molecule has 0 unspecified atom stereocenters. The Hall–Kier alpha value is -0.910. The molecule has 0 heterocycles. The second-order valence-corrected chi connectivity index (χ2v) is 5.55. The summed E-state index contributed by atoms with van der Waals surface area (Å²) in [4.78, 5) is 14.0. The third-order valence-electron chi connectivity index (χ3n) is 2.66. The molecule has 1 amide bonds. The Balaban J connectivity index is 2.29. The van der Waals surface area contributed by atoms with Crippen molar-refractivity contribution >= 4 is 21.8 Å². The summed E-state index contributed by atoms with van der Waals surface area (Å²) in [5, 5.41) is 2.86. The number of hydrogen-bond donors (Lipinski definition) is 1. The lowest BCUT2D eigenvalue weighted by atomic mass is 10.1. The summed E-state index contributed by atoms with van der Waals surface area (Å²) in [7, 11) is 4.00. The van der Waals surface area contributed by atoms with E-state index in [0.717, 1.165) is 16.6 Å². The average molecular weight is 329 g/mol. The van der Waals surface area contributed by atoms with Gasteiger partial charge in [-0.05, 0) is 38.7 Å². The zero-order valence-corrected chi connectivity index (χ0v) is 13.3. The van der Waals surface area contributed by atoms with Gasteiger partial charge in [-0.15, -0.1) is 0 Å². The van der Waals surface area contributed by atoms with Crippen LogP contribution in [0.1, 0.15) is 15.9 Å². The van der Waals surface area contributed by atoms with Crippen LogP contribution in [0.2, 0.25) is 0 Å². The predicted octanol–water partition coefficient (Wildman–Crippen LogP) is 2.07. The van der Waals surface area contributed by atoms with Crippen molar-refractivity contribution < 1.29 is 9.53 Å². The molecule has 1 aromatic carbocycles. The minimum absolute atomic E-state index is 0.0602. The first-order valence-electron chi connectivity index (χ1n) is 6.27. The summed E-state index contributed by atoms with van der Waals surface area (Å²) in [6.07, 6.45) is 0. The van der Waals surface area contributed by atoms with Crippen molar-refractivity contribution in [2.24, 2.45) is 0 Å². The molecule has 19 heavy (non-hydrogen) atoms. The second kappa shape index (κ2) is 8.30. The lowest BCUT2D eigenvalue weighted by molar-refractivity contribution is 0.0899. The maximum absolute atomic E-state index is 12.0.